The predicted molar refractivity (Wildman–Crippen MR) is 90.9 cm³/mol. The SMILES string of the molecule is COC1(C)CCCN(c2ccc(CNC3CC3)cc2Br)C1. The summed E-state index contributed by atoms with van der Waals surface area (Å²) >= 11 is 3.75. The van der Waals surface area contributed by atoms with E-state index >= 15 is 0 Å². The molecule has 3 nitrogen and oxygen atoms in total. The van der Waals surface area contributed by atoms with E-state index in [1.54, 1.807) is 0 Å². The molecule has 0 radical (unpaired) electrons. The Morgan fingerprint density at radius 1 is 1.43 bits per heavy atom. The molecule has 1 aliphatic heterocycles. The summed E-state index contributed by atoms with van der Waals surface area (Å²) < 4.78 is 6.89. The lowest BCUT2D eigenvalue weighted by Crippen LogP contribution is -2.47. The van der Waals surface area contributed by atoms with Crippen molar-refractivity contribution in [3.8, 4) is 0 Å². The first-order valence-corrected chi connectivity index (χ1v) is 8.71. The van der Waals surface area contributed by atoms with Crippen molar-refractivity contribution in [3.63, 3.8) is 0 Å². The van der Waals surface area contributed by atoms with Crippen LogP contribution in [0.25, 0.3) is 0 Å². The summed E-state index contributed by atoms with van der Waals surface area (Å²) in [4.78, 5) is 2.44. The van der Waals surface area contributed by atoms with E-state index in [1.165, 1.54) is 35.0 Å². The zero-order valence-electron chi connectivity index (χ0n) is 13.0. The number of piperidine rings is 1. The van der Waals surface area contributed by atoms with Crippen molar-refractivity contribution in [1.29, 1.82) is 0 Å². The predicted octanol–water partition coefficient (Wildman–Crippen LogP) is 3.71. The van der Waals surface area contributed by atoms with E-state index < -0.39 is 0 Å². The van der Waals surface area contributed by atoms with Crippen LogP contribution in [0.15, 0.2) is 22.7 Å². The van der Waals surface area contributed by atoms with Crippen LogP contribution < -0.4 is 10.2 Å². The van der Waals surface area contributed by atoms with Crippen LogP contribution in [-0.2, 0) is 11.3 Å². The van der Waals surface area contributed by atoms with E-state index in [2.05, 4.69) is 51.3 Å². The molecule has 0 aromatic heterocycles. The standard InChI is InChI=1S/C17H25BrN2O/c1-17(21-2)8-3-9-20(12-17)16-7-4-13(10-15(16)18)11-19-14-5-6-14/h4,7,10,14,19H,3,5-6,8-9,11-12H2,1-2H3. The van der Waals surface area contributed by atoms with Crippen molar-refractivity contribution in [2.45, 2.75) is 50.8 Å². The molecule has 1 heterocycles. The smallest absolute Gasteiger partial charge is 0.0825 e. The number of ether oxygens (including phenoxy) is 1. The first kappa shape index (κ1) is 15.3. The van der Waals surface area contributed by atoms with Gasteiger partial charge in [0.25, 0.3) is 0 Å². The van der Waals surface area contributed by atoms with E-state index in [4.69, 9.17) is 4.74 Å². The van der Waals surface area contributed by atoms with Gasteiger partial charge in [-0.1, -0.05) is 6.07 Å². The molecule has 3 rings (SSSR count). The van der Waals surface area contributed by atoms with E-state index in [9.17, 15) is 0 Å². The highest BCUT2D eigenvalue weighted by Crippen LogP contribution is 2.33. The lowest BCUT2D eigenvalue weighted by Gasteiger charge is -2.41. The molecule has 2 fully saturated rings. The zero-order valence-corrected chi connectivity index (χ0v) is 14.6. The van der Waals surface area contributed by atoms with Gasteiger partial charge in [-0.25, -0.2) is 0 Å². The normalized spacial score (nSPS) is 26.1. The van der Waals surface area contributed by atoms with Gasteiger partial charge in [0.2, 0.25) is 0 Å². The van der Waals surface area contributed by atoms with Gasteiger partial charge >= 0.3 is 0 Å². The summed E-state index contributed by atoms with van der Waals surface area (Å²) in [6.07, 6.45) is 4.99. The summed E-state index contributed by atoms with van der Waals surface area (Å²) in [5.74, 6) is 0. The van der Waals surface area contributed by atoms with Crippen LogP contribution in [0.2, 0.25) is 0 Å². The molecule has 21 heavy (non-hydrogen) atoms. The molecule has 1 aromatic rings. The van der Waals surface area contributed by atoms with E-state index in [0.29, 0.717) is 0 Å². The van der Waals surface area contributed by atoms with Crippen molar-refractivity contribution < 1.29 is 4.74 Å². The Balaban J connectivity index is 1.69. The van der Waals surface area contributed by atoms with Gasteiger partial charge in [-0.2, -0.15) is 0 Å². The number of benzene rings is 1. The molecular weight excluding hydrogens is 328 g/mol. The summed E-state index contributed by atoms with van der Waals surface area (Å²) in [7, 11) is 1.82. The maximum absolute atomic E-state index is 5.70. The number of methoxy groups -OCH3 is 1. The molecule has 2 aliphatic rings. The molecule has 1 unspecified atom stereocenters. The van der Waals surface area contributed by atoms with Crippen LogP contribution in [0.5, 0.6) is 0 Å². The van der Waals surface area contributed by atoms with Crippen LogP contribution in [-0.4, -0.2) is 31.8 Å². The van der Waals surface area contributed by atoms with E-state index in [-0.39, 0.29) is 5.60 Å². The third-order valence-corrected chi connectivity index (χ3v) is 5.31. The van der Waals surface area contributed by atoms with Crippen LogP contribution in [0.4, 0.5) is 5.69 Å². The van der Waals surface area contributed by atoms with Crippen molar-refractivity contribution in [3.05, 3.63) is 28.2 Å². The lowest BCUT2D eigenvalue weighted by atomic mass is 9.94. The van der Waals surface area contributed by atoms with Crippen molar-refractivity contribution in [2.24, 2.45) is 0 Å². The van der Waals surface area contributed by atoms with Gasteiger partial charge in [-0.3, -0.25) is 0 Å². The number of anilines is 1. The van der Waals surface area contributed by atoms with Crippen LogP contribution >= 0.6 is 15.9 Å². The molecular formula is C17H25BrN2O. The third-order valence-electron chi connectivity index (χ3n) is 4.68. The van der Waals surface area contributed by atoms with E-state index in [1.807, 2.05) is 7.11 Å². The average Bonchev–Trinajstić information content (AvgIpc) is 3.29. The van der Waals surface area contributed by atoms with E-state index in [0.717, 1.165) is 32.1 Å². The summed E-state index contributed by atoms with van der Waals surface area (Å²) in [6, 6.07) is 7.50. The Morgan fingerprint density at radius 3 is 2.90 bits per heavy atom. The van der Waals surface area contributed by atoms with Gasteiger partial charge in [0.1, 0.15) is 0 Å². The fraction of sp³-hybridized carbons (Fsp3) is 0.647. The fourth-order valence-corrected chi connectivity index (χ4v) is 3.72. The minimum Gasteiger partial charge on any atom is -0.377 e. The number of hydrogen-bond acceptors (Lipinski definition) is 3. The molecule has 4 heteroatoms. The molecule has 1 N–H and O–H groups in total. The number of nitrogens with zero attached hydrogens (tertiary/aromatic N) is 1. The van der Waals surface area contributed by atoms with Crippen LogP contribution in [0, 0.1) is 0 Å². The van der Waals surface area contributed by atoms with Crippen LogP contribution in [0.1, 0.15) is 38.2 Å². The number of halogens is 1. The molecule has 1 aromatic carbocycles. The van der Waals surface area contributed by atoms with Crippen molar-refractivity contribution in [1.82, 2.24) is 5.32 Å². The monoisotopic (exact) mass is 352 g/mol. The third kappa shape index (κ3) is 3.79. The lowest BCUT2D eigenvalue weighted by molar-refractivity contribution is -0.00467. The maximum atomic E-state index is 5.70. The molecule has 1 atom stereocenters. The van der Waals surface area contributed by atoms with Gasteiger partial charge in [0.15, 0.2) is 0 Å². The highest BCUT2D eigenvalue weighted by Gasteiger charge is 2.31. The second-order valence-corrected chi connectivity index (χ2v) is 7.47. The molecule has 0 bridgehead atoms. The Labute approximate surface area is 136 Å². The fourth-order valence-electron chi connectivity index (χ4n) is 3.04. The molecule has 1 saturated heterocycles. The Kier molecular flexibility index (Phi) is 4.57. The van der Waals surface area contributed by atoms with Gasteiger partial charge in [0, 0.05) is 37.3 Å². The highest BCUT2D eigenvalue weighted by atomic mass is 79.9. The minimum absolute atomic E-state index is 0.0239. The quantitative estimate of drug-likeness (QED) is 0.874. The van der Waals surface area contributed by atoms with Gasteiger partial charge < -0.3 is 15.0 Å². The minimum atomic E-state index is -0.0239. The largest absolute Gasteiger partial charge is 0.377 e. The van der Waals surface area contributed by atoms with Crippen LogP contribution in [0.3, 0.4) is 0 Å². The second-order valence-electron chi connectivity index (χ2n) is 6.62. The highest BCUT2D eigenvalue weighted by molar-refractivity contribution is 9.10. The second kappa shape index (κ2) is 6.27. The number of nitrogens with one attached hydrogen (secondary N) is 1. The first-order chi connectivity index (χ1) is 10.1. The van der Waals surface area contributed by atoms with Gasteiger partial charge in [-0.15, -0.1) is 0 Å². The number of rotatable bonds is 5. The van der Waals surface area contributed by atoms with Crippen molar-refractivity contribution in [2.75, 3.05) is 25.1 Å². The molecule has 1 aliphatic carbocycles. The summed E-state index contributed by atoms with van der Waals surface area (Å²) in [6.45, 7) is 5.25. The Bertz CT molecular complexity index is 504. The zero-order chi connectivity index (χ0) is 14.9. The average molecular weight is 353 g/mol. The first-order valence-electron chi connectivity index (χ1n) is 7.91. The molecule has 0 amide bonds. The van der Waals surface area contributed by atoms with Crippen molar-refractivity contribution >= 4 is 21.6 Å². The molecule has 116 valence electrons. The Hall–Kier alpha value is -0.580. The molecule has 1 saturated carbocycles. The summed E-state index contributed by atoms with van der Waals surface area (Å²) in [5, 5.41) is 3.57. The topological polar surface area (TPSA) is 24.5 Å². The summed E-state index contributed by atoms with van der Waals surface area (Å²) in [5.41, 5.74) is 2.61. The Morgan fingerprint density at radius 2 is 2.24 bits per heavy atom. The van der Waals surface area contributed by atoms with Gasteiger partial charge in [0.05, 0.1) is 11.3 Å². The molecule has 0 spiro atoms. The van der Waals surface area contributed by atoms with Gasteiger partial charge in [-0.05, 0) is 66.2 Å². The number of hydrogen-bond donors (Lipinski definition) is 1. The maximum Gasteiger partial charge on any atom is 0.0825 e.